The van der Waals surface area contributed by atoms with Crippen molar-refractivity contribution in [2.45, 2.75) is 45.2 Å². The maximum atomic E-state index is 12.5. The number of nitrogens with zero attached hydrogens (tertiary/aromatic N) is 4. The Morgan fingerprint density at radius 2 is 2.04 bits per heavy atom. The Kier molecular flexibility index (Phi) is 4.41. The molecule has 23 heavy (non-hydrogen) atoms. The van der Waals surface area contributed by atoms with Gasteiger partial charge in [0.15, 0.2) is 0 Å². The zero-order valence-electron chi connectivity index (χ0n) is 13.5. The summed E-state index contributed by atoms with van der Waals surface area (Å²) in [5.74, 6) is 1.52. The lowest BCUT2D eigenvalue weighted by Crippen LogP contribution is -2.49. The van der Waals surface area contributed by atoms with Crippen LogP contribution in [0.1, 0.15) is 30.9 Å². The zero-order chi connectivity index (χ0) is 16.6. The molecule has 0 radical (unpaired) electrons. The van der Waals surface area contributed by atoms with Crippen molar-refractivity contribution in [3.05, 3.63) is 11.6 Å². The van der Waals surface area contributed by atoms with Crippen LogP contribution in [0.4, 0.5) is 0 Å². The Balaban J connectivity index is 1.60. The summed E-state index contributed by atoms with van der Waals surface area (Å²) < 4.78 is 26.8. The van der Waals surface area contributed by atoms with Crippen LogP contribution in [0.5, 0.6) is 0 Å². The van der Waals surface area contributed by atoms with Crippen LogP contribution in [0.3, 0.4) is 0 Å². The van der Waals surface area contributed by atoms with Crippen LogP contribution < -0.4 is 5.32 Å². The lowest BCUT2D eigenvalue weighted by molar-refractivity contribution is -0.127. The number of hydrogen-bond donors (Lipinski definition) is 1. The standard InChI is InChI=1S/C14H23N5O3S/c1-10-16-17-13-6-5-12(9-19(10)13)15-14(20)11-4-3-7-18(8-11)23(2,21)22/h11-12H,3-9H2,1-2H3,(H,15,20)/t11-,12+/m0/s1. The molecule has 0 spiro atoms. The average molecular weight is 341 g/mol. The molecule has 2 atom stereocenters. The third-order valence-corrected chi connectivity index (χ3v) is 5.97. The number of piperidine rings is 1. The van der Waals surface area contributed by atoms with E-state index in [2.05, 4.69) is 15.5 Å². The minimum Gasteiger partial charge on any atom is -0.351 e. The number of amides is 1. The van der Waals surface area contributed by atoms with Crippen LogP contribution in [-0.4, -0.2) is 58.8 Å². The van der Waals surface area contributed by atoms with Gasteiger partial charge in [-0.3, -0.25) is 4.79 Å². The molecule has 128 valence electrons. The van der Waals surface area contributed by atoms with E-state index >= 15 is 0 Å². The molecule has 0 aromatic carbocycles. The van der Waals surface area contributed by atoms with Crippen molar-refractivity contribution in [2.24, 2.45) is 5.92 Å². The predicted molar refractivity (Wildman–Crippen MR) is 84.2 cm³/mol. The van der Waals surface area contributed by atoms with Crippen molar-refractivity contribution in [3.8, 4) is 0 Å². The van der Waals surface area contributed by atoms with Gasteiger partial charge in [0.05, 0.1) is 12.2 Å². The van der Waals surface area contributed by atoms with Crippen LogP contribution in [0, 0.1) is 12.8 Å². The molecule has 1 aromatic rings. The number of rotatable bonds is 3. The molecule has 1 saturated heterocycles. The molecule has 9 heteroatoms. The SMILES string of the molecule is Cc1nnc2n1C[C@H](NC(=O)[C@H]1CCCN(S(C)(=O)=O)C1)CC2. The molecule has 1 aromatic heterocycles. The van der Waals surface area contributed by atoms with Crippen LogP contribution in [0.25, 0.3) is 0 Å². The first-order valence-corrected chi connectivity index (χ1v) is 9.83. The normalized spacial score (nSPS) is 25.8. The van der Waals surface area contributed by atoms with E-state index in [1.54, 1.807) is 0 Å². The Bertz CT molecular complexity index is 699. The summed E-state index contributed by atoms with van der Waals surface area (Å²) in [6, 6.07) is 0.0540. The summed E-state index contributed by atoms with van der Waals surface area (Å²) in [6.45, 7) is 3.39. The number of fused-ring (bicyclic) bond motifs is 1. The Hall–Kier alpha value is -1.48. The highest BCUT2D eigenvalue weighted by Crippen LogP contribution is 2.20. The predicted octanol–water partition coefficient (Wildman–Crippen LogP) is -0.311. The van der Waals surface area contributed by atoms with E-state index in [1.165, 1.54) is 10.6 Å². The second kappa shape index (κ2) is 6.20. The summed E-state index contributed by atoms with van der Waals surface area (Å²) >= 11 is 0. The molecule has 0 unspecified atom stereocenters. The Labute approximate surface area is 136 Å². The average Bonchev–Trinajstić information content (AvgIpc) is 2.88. The third kappa shape index (κ3) is 3.55. The van der Waals surface area contributed by atoms with Gasteiger partial charge >= 0.3 is 0 Å². The molecule has 0 aliphatic carbocycles. The number of carbonyl (C=O) groups is 1. The van der Waals surface area contributed by atoms with E-state index in [0.29, 0.717) is 13.1 Å². The summed E-state index contributed by atoms with van der Waals surface area (Å²) in [6.07, 6.45) is 4.30. The lowest BCUT2D eigenvalue weighted by atomic mass is 9.97. The molecule has 0 saturated carbocycles. The van der Waals surface area contributed by atoms with Gasteiger partial charge in [0.2, 0.25) is 15.9 Å². The number of sulfonamides is 1. The molecule has 2 aliphatic heterocycles. The van der Waals surface area contributed by atoms with Crippen LogP contribution in [-0.2, 0) is 27.8 Å². The van der Waals surface area contributed by atoms with Crippen LogP contribution in [0.2, 0.25) is 0 Å². The second-order valence-electron chi connectivity index (χ2n) is 6.48. The van der Waals surface area contributed by atoms with E-state index in [1.807, 2.05) is 11.5 Å². The van der Waals surface area contributed by atoms with Crippen molar-refractivity contribution < 1.29 is 13.2 Å². The van der Waals surface area contributed by atoms with E-state index in [0.717, 1.165) is 37.3 Å². The molecule has 1 N–H and O–H groups in total. The molecule has 8 nitrogen and oxygen atoms in total. The second-order valence-corrected chi connectivity index (χ2v) is 8.46. The van der Waals surface area contributed by atoms with Gasteiger partial charge < -0.3 is 9.88 Å². The van der Waals surface area contributed by atoms with Gasteiger partial charge in [-0.15, -0.1) is 10.2 Å². The number of nitrogens with one attached hydrogen (secondary N) is 1. The first-order chi connectivity index (χ1) is 10.8. The lowest BCUT2D eigenvalue weighted by Gasteiger charge is -2.32. The van der Waals surface area contributed by atoms with Gasteiger partial charge in [-0.2, -0.15) is 0 Å². The van der Waals surface area contributed by atoms with Gasteiger partial charge in [0.1, 0.15) is 11.6 Å². The maximum absolute atomic E-state index is 12.5. The van der Waals surface area contributed by atoms with Gasteiger partial charge in [-0.25, -0.2) is 12.7 Å². The monoisotopic (exact) mass is 341 g/mol. The van der Waals surface area contributed by atoms with Crippen LogP contribution in [0.15, 0.2) is 0 Å². The van der Waals surface area contributed by atoms with E-state index in [-0.39, 0.29) is 24.4 Å². The molecular formula is C14H23N5O3S. The fraction of sp³-hybridized carbons (Fsp3) is 0.786. The van der Waals surface area contributed by atoms with Crippen molar-refractivity contribution in [3.63, 3.8) is 0 Å². The topological polar surface area (TPSA) is 97.2 Å². The fourth-order valence-electron chi connectivity index (χ4n) is 3.36. The van der Waals surface area contributed by atoms with Crippen molar-refractivity contribution in [2.75, 3.05) is 19.3 Å². The van der Waals surface area contributed by atoms with E-state index in [9.17, 15) is 13.2 Å². The molecule has 1 amide bonds. The van der Waals surface area contributed by atoms with Gasteiger partial charge in [-0.05, 0) is 26.2 Å². The van der Waals surface area contributed by atoms with Crippen molar-refractivity contribution in [1.82, 2.24) is 24.4 Å². The summed E-state index contributed by atoms with van der Waals surface area (Å²) in [5.41, 5.74) is 0. The van der Waals surface area contributed by atoms with Crippen molar-refractivity contribution >= 4 is 15.9 Å². The van der Waals surface area contributed by atoms with Gasteiger partial charge in [0, 0.05) is 32.1 Å². The largest absolute Gasteiger partial charge is 0.351 e. The maximum Gasteiger partial charge on any atom is 0.224 e. The highest BCUT2D eigenvalue weighted by Gasteiger charge is 2.32. The summed E-state index contributed by atoms with van der Waals surface area (Å²) in [5, 5.41) is 11.3. The minimum absolute atomic E-state index is 0.0440. The summed E-state index contributed by atoms with van der Waals surface area (Å²) in [7, 11) is -3.23. The number of carbonyl (C=O) groups excluding carboxylic acids is 1. The first-order valence-electron chi connectivity index (χ1n) is 7.99. The number of aromatic nitrogens is 3. The van der Waals surface area contributed by atoms with Crippen LogP contribution >= 0.6 is 0 Å². The minimum atomic E-state index is -3.23. The highest BCUT2D eigenvalue weighted by molar-refractivity contribution is 7.88. The van der Waals surface area contributed by atoms with Gasteiger partial charge in [-0.1, -0.05) is 0 Å². The molecule has 3 heterocycles. The third-order valence-electron chi connectivity index (χ3n) is 4.70. The first kappa shape index (κ1) is 16.4. The highest BCUT2D eigenvalue weighted by atomic mass is 32.2. The molecule has 3 rings (SSSR count). The molecule has 0 bridgehead atoms. The van der Waals surface area contributed by atoms with Gasteiger partial charge in [0.25, 0.3) is 0 Å². The number of hydrogen-bond acceptors (Lipinski definition) is 5. The fourth-order valence-corrected chi connectivity index (χ4v) is 4.27. The van der Waals surface area contributed by atoms with E-state index in [4.69, 9.17) is 0 Å². The Morgan fingerprint density at radius 1 is 1.26 bits per heavy atom. The smallest absolute Gasteiger partial charge is 0.224 e. The molecular weight excluding hydrogens is 318 g/mol. The van der Waals surface area contributed by atoms with E-state index < -0.39 is 10.0 Å². The van der Waals surface area contributed by atoms with Crippen molar-refractivity contribution in [1.29, 1.82) is 0 Å². The zero-order valence-corrected chi connectivity index (χ0v) is 14.3. The summed E-state index contributed by atoms with van der Waals surface area (Å²) in [4.78, 5) is 12.5. The quantitative estimate of drug-likeness (QED) is 0.813. The molecule has 1 fully saturated rings. The molecule has 2 aliphatic rings. The Morgan fingerprint density at radius 3 is 2.78 bits per heavy atom. The number of aryl methyl sites for hydroxylation is 2.